The third kappa shape index (κ3) is 4.20. The topological polar surface area (TPSA) is 79.6 Å². The Morgan fingerprint density at radius 2 is 1.88 bits per heavy atom. The zero-order valence-electron chi connectivity index (χ0n) is 12.0. The van der Waals surface area contributed by atoms with Gasteiger partial charge in [0.05, 0.1) is 10.6 Å². The maximum absolute atomic E-state index is 12.8. The number of nitrogens with zero attached hydrogens (tertiary/aromatic N) is 2. The fourth-order valence-electron chi connectivity index (χ4n) is 1.76. The van der Waals surface area contributed by atoms with Gasteiger partial charge in [0.25, 0.3) is 0 Å². The summed E-state index contributed by atoms with van der Waals surface area (Å²) >= 11 is 0.712. The van der Waals surface area contributed by atoms with E-state index in [0.717, 1.165) is 0 Å². The molecular weight excluding hydrogens is 365 g/mol. The molecule has 0 spiro atoms. The SMILES string of the molecule is O=S(=O)(CCC(F)=C(F)F)c1ncc(/C(=N/O)c2ccccc2)s1. The van der Waals surface area contributed by atoms with Crippen molar-refractivity contribution in [2.45, 2.75) is 10.8 Å². The Balaban J connectivity index is 2.25. The molecule has 2 rings (SSSR count). The molecule has 1 heterocycles. The average molecular weight is 376 g/mol. The van der Waals surface area contributed by atoms with Gasteiger partial charge in [-0.25, -0.2) is 17.8 Å². The number of aromatic nitrogens is 1. The summed E-state index contributed by atoms with van der Waals surface area (Å²) in [5.41, 5.74) is 0.663. The van der Waals surface area contributed by atoms with E-state index < -0.39 is 33.9 Å². The number of rotatable bonds is 6. The third-order valence-electron chi connectivity index (χ3n) is 2.93. The molecule has 1 aromatic carbocycles. The zero-order chi connectivity index (χ0) is 17.7. The Bertz CT molecular complexity index is 874. The van der Waals surface area contributed by atoms with Crippen LogP contribution in [0.15, 0.2) is 57.9 Å². The quantitative estimate of drug-likeness (QED) is 0.474. The first-order chi connectivity index (χ1) is 11.3. The highest BCUT2D eigenvalue weighted by molar-refractivity contribution is 7.93. The van der Waals surface area contributed by atoms with Crippen molar-refractivity contribution in [2.75, 3.05) is 5.75 Å². The predicted octanol–water partition coefficient (Wildman–Crippen LogP) is 3.61. The highest BCUT2D eigenvalue weighted by atomic mass is 32.2. The van der Waals surface area contributed by atoms with Crippen molar-refractivity contribution in [3.63, 3.8) is 0 Å². The van der Waals surface area contributed by atoms with Gasteiger partial charge in [0.2, 0.25) is 14.2 Å². The minimum atomic E-state index is -4.03. The molecule has 0 amide bonds. The van der Waals surface area contributed by atoms with Gasteiger partial charge in [0.1, 0.15) is 5.71 Å². The second-order valence-electron chi connectivity index (χ2n) is 4.54. The van der Waals surface area contributed by atoms with Crippen molar-refractivity contribution in [2.24, 2.45) is 5.16 Å². The van der Waals surface area contributed by atoms with Gasteiger partial charge in [-0.3, -0.25) is 0 Å². The molecule has 0 fully saturated rings. The van der Waals surface area contributed by atoms with Gasteiger partial charge in [-0.1, -0.05) is 35.5 Å². The summed E-state index contributed by atoms with van der Waals surface area (Å²) in [6, 6.07) is 8.49. The number of hydrogen-bond donors (Lipinski definition) is 1. The second-order valence-corrected chi connectivity index (χ2v) is 7.85. The van der Waals surface area contributed by atoms with Crippen LogP contribution in [0.4, 0.5) is 13.2 Å². The van der Waals surface area contributed by atoms with Gasteiger partial charge in [-0.2, -0.15) is 8.78 Å². The van der Waals surface area contributed by atoms with Crippen molar-refractivity contribution in [3.8, 4) is 0 Å². The number of benzene rings is 1. The molecule has 2 aromatic rings. The molecule has 5 nitrogen and oxygen atoms in total. The zero-order valence-corrected chi connectivity index (χ0v) is 13.6. The lowest BCUT2D eigenvalue weighted by atomic mass is 10.1. The molecule has 128 valence electrons. The van der Waals surface area contributed by atoms with E-state index in [1.54, 1.807) is 30.3 Å². The summed E-state index contributed by atoms with van der Waals surface area (Å²) in [6.45, 7) is 0. The van der Waals surface area contributed by atoms with Crippen LogP contribution in [0.2, 0.25) is 0 Å². The summed E-state index contributed by atoms with van der Waals surface area (Å²) in [7, 11) is -4.03. The van der Waals surface area contributed by atoms with Crippen LogP contribution in [-0.4, -0.2) is 30.1 Å². The van der Waals surface area contributed by atoms with Crippen LogP contribution in [0.25, 0.3) is 0 Å². The Kier molecular flexibility index (Phi) is 5.73. The van der Waals surface area contributed by atoms with Crippen LogP contribution in [0.3, 0.4) is 0 Å². The first-order valence-corrected chi connectivity index (χ1v) is 8.98. The number of thiazole rings is 1. The van der Waals surface area contributed by atoms with Gasteiger partial charge < -0.3 is 5.21 Å². The highest BCUT2D eigenvalue weighted by Crippen LogP contribution is 2.24. The van der Waals surface area contributed by atoms with Crippen molar-refractivity contribution in [1.29, 1.82) is 0 Å². The Hall–Kier alpha value is -2.20. The number of sulfone groups is 1. The Morgan fingerprint density at radius 3 is 2.46 bits per heavy atom. The Morgan fingerprint density at radius 1 is 1.21 bits per heavy atom. The standard InChI is InChI=1S/C14H11F3N2O3S2/c15-10(13(16)17)6-7-24(21,22)14-18-8-11(23-14)12(19-20)9-4-2-1-3-5-9/h1-5,8,20H,6-7H2/b19-12+. The molecule has 0 unspecified atom stereocenters. The van der Waals surface area contributed by atoms with E-state index in [-0.39, 0.29) is 14.9 Å². The van der Waals surface area contributed by atoms with Crippen LogP contribution in [0.1, 0.15) is 16.9 Å². The minimum absolute atomic E-state index is 0.121. The molecule has 0 radical (unpaired) electrons. The fourth-order valence-corrected chi connectivity index (χ4v) is 4.28. The van der Waals surface area contributed by atoms with Crippen LogP contribution in [-0.2, 0) is 9.84 Å². The normalized spacial score (nSPS) is 12.2. The van der Waals surface area contributed by atoms with Crippen LogP contribution < -0.4 is 0 Å². The van der Waals surface area contributed by atoms with E-state index in [0.29, 0.717) is 16.9 Å². The molecule has 0 saturated carbocycles. The summed E-state index contributed by atoms with van der Waals surface area (Å²) < 4.78 is 60.5. The first kappa shape index (κ1) is 18.1. The van der Waals surface area contributed by atoms with E-state index >= 15 is 0 Å². The summed E-state index contributed by atoms with van der Waals surface area (Å²) in [6.07, 6.45) is -2.27. The molecule has 1 N–H and O–H groups in total. The maximum atomic E-state index is 12.8. The third-order valence-corrected chi connectivity index (χ3v) is 6.12. The van der Waals surface area contributed by atoms with E-state index in [9.17, 15) is 21.6 Å². The average Bonchev–Trinajstić information content (AvgIpc) is 3.05. The molecule has 0 bridgehead atoms. The minimum Gasteiger partial charge on any atom is -0.410 e. The van der Waals surface area contributed by atoms with Crippen molar-refractivity contribution in [3.05, 3.63) is 58.9 Å². The van der Waals surface area contributed by atoms with E-state index in [4.69, 9.17) is 5.21 Å². The van der Waals surface area contributed by atoms with Gasteiger partial charge in [-0.15, -0.1) is 11.3 Å². The van der Waals surface area contributed by atoms with E-state index in [2.05, 4.69) is 10.1 Å². The van der Waals surface area contributed by atoms with Crippen molar-refractivity contribution < 1.29 is 26.8 Å². The van der Waals surface area contributed by atoms with Crippen molar-refractivity contribution in [1.82, 2.24) is 4.98 Å². The molecule has 0 aliphatic rings. The predicted molar refractivity (Wildman–Crippen MR) is 83.0 cm³/mol. The number of hydrogen-bond acceptors (Lipinski definition) is 6. The molecule has 24 heavy (non-hydrogen) atoms. The molecule has 0 aliphatic heterocycles. The highest BCUT2D eigenvalue weighted by Gasteiger charge is 2.22. The molecular formula is C14H11F3N2O3S2. The maximum Gasteiger partial charge on any atom is 0.301 e. The largest absolute Gasteiger partial charge is 0.410 e. The van der Waals surface area contributed by atoms with Crippen LogP contribution in [0, 0.1) is 0 Å². The lowest BCUT2D eigenvalue weighted by Crippen LogP contribution is -2.06. The lowest BCUT2D eigenvalue weighted by Gasteiger charge is -2.01. The van der Waals surface area contributed by atoms with Gasteiger partial charge in [-0.05, 0) is 0 Å². The Labute approximate surface area is 139 Å². The molecule has 1 aromatic heterocycles. The second kappa shape index (κ2) is 7.58. The van der Waals surface area contributed by atoms with Gasteiger partial charge in [0.15, 0.2) is 5.83 Å². The first-order valence-electron chi connectivity index (χ1n) is 6.51. The molecule has 0 aliphatic carbocycles. The van der Waals surface area contributed by atoms with E-state index in [1.165, 1.54) is 6.20 Å². The molecule has 10 heteroatoms. The summed E-state index contributed by atoms with van der Waals surface area (Å²) in [5.74, 6) is -2.60. The smallest absolute Gasteiger partial charge is 0.301 e. The van der Waals surface area contributed by atoms with Crippen molar-refractivity contribution >= 4 is 26.9 Å². The summed E-state index contributed by atoms with van der Waals surface area (Å²) in [4.78, 5) is 3.99. The van der Waals surface area contributed by atoms with Crippen LogP contribution >= 0.6 is 11.3 Å². The monoisotopic (exact) mass is 376 g/mol. The number of oxime groups is 1. The van der Waals surface area contributed by atoms with E-state index in [1.807, 2.05) is 0 Å². The lowest BCUT2D eigenvalue weighted by molar-refractivity contribution is 0.320. The molecule has 0 saturated heterocycles. The number of allylic oxidation sites excluding steroid dienone is 1. The number of halogens is 3. The van der Waals surface area contributed by atoms with Crippen LogP contribution in [0.5, 0.6) is 0 Å². The molecule has 0 atom stereocenters. The fraction of sp³-hybridized carbons (Fsp3) is 0.143. The summed E-state index contributed by atoms with van der Waals surface area (Å²) in [5, 5.41) is 12.3. The van der Waals surface area contributed by atoms with Gasteiger partial charge in [0, 0.05) is 18.2 Å². The van der Waals surface area contributed by atoms with Gasteiger partial charge >= 0.3 is 6.08 Å².